The largest absolute Gasteiger partial charge is 0.310 e. The number of hydrogen-bond acceptors (Lipinski definition) is 1. The predicted molar refractivity (Wildman–Crippen MR) is 79.3 cm³/mol. The quantitative estimate of drug-likeness (QED) is 0.816. The number of rotatable bonds is 4. The van der Waals surface area contributed by atoms with Crippen LogP contribution in [0, 0.1) is 5.92 Å². The van der Waals surface area contributed by atoms with E-state index in [2.05, 4.69) is 12.2 Å². The maximum Gasteiger partial charge on any atom is 0.0424 e. The molecule has 0 saturated heterocycles. The SMILES string of the molecule is CCC1CCCC(NCc2cc(Cl)cc(Cl)c2)C1. The molecule has 1 aromatic rings. The van der Waals surface area contributed by atoms with E-state index in [4.69, 9.17) is 23.2 Å². The molecule has 3 heteroatoms. The fourth-order valence-electron chi connectivity index (χ4n) is 2.82. The average Bonchev–Trinajstić information content (AvgIpc) is 2.35. The normalized spacial score (nSPS) is 24.2. The third kappa shape index (κ3) is 4.15. The molecule has 100 valence electrons. The molecule has 0 heterocycles. The lowest BCUT2D eigenvalue weighted by Crippen LogP contribution is -2.33. The van der Waals surface area contributed by atoms with Crippen LogP contribution in [0.3, 0.4) is 0 Å². The Hall–Kier alpha value is -0.240. The summed E-state index contributed by atoms with van der Waals surface area (Å²) in [6.45, 7) is 3.16. The monoisotopic (exact) mass is 285 g/mol. The van der Waals surface area contributed by atoms with Crippen LogP contribution in [0.15, 0.2) is 18.2 Å². The van der Waals surface area contributed by atoms with Crippen LogP contribution in [0.4, 0.5) is 0 Å². The van der Waals surface area contributed by atoms with Gasteiger partial charge in [-0.15, -0.1) is 0 Å². The Kier molecular flexibility index (Phi) is 5.35. The maximum atomic E-state index is 6.01. The first-order valence-corrected chi connectivity index (χ1v) is 7.61. The highest BCUT2D eigenvalue weighted by Crippen LogP contribution is 2.27. The molecule has 2 atom stereocenters. The van der Waals surface area contributed by atoms with E-state index in [0.717, 1.165) is 22.5 Å². The first-order valence-electron chi connectivity index (χ1n) is 6.85. The van der Waals surface area contributed by atoms with Crippen LogP contribution in [0.2, 0.25) is 10.0 Å². The summed E-state index contributed by atoms with van der Waals surface area (Å²) in [6, 6.07) is 6.41. The van der Waals surface area contributed by atoms with Gasteiger partial charge in [-0.3, -0.25) is 0 Å². The van der Waals surface area contributed by atoms with E-state index >= 15 is 0 Å². The van der Waals surface area contributed by atoms with Crippen molar-refractivity contribution in [3.05, 3.63) is 33.8 Å². The molecule has 1 N–H and O–H groups in total. The summed E-state index contributed by atoms with van der Waals surface area (Å²) < 4.78 is 0. The standard InChI is InChI=1S/C15H21Cl2N/c1-2-11-4-3-5-15(8-11)18-10-12-6-13(16)9-14(17)7-12/h6-7,9,11,15,18H,2-5,8,10H2,1H3. The smallest absolute Gasteiger partial charge is 0.0424 e. The average molecular weight is 286 g/mol. The van der Waals surface area contributed by atoms with Crippen LogP contribution in [0.5, 0.6) is 0 Å². The topological polar surface area (TPSA) is 12.0 Å². The van der Waals surface area contributed by atoms with Crippen LogP contribution in [-0.2, 0) is 6.54 Å². The number of nitrogens with one attached hydrogen (secondary N) is 1. The highest BCUT2D eigenvalue weighted by atomic mass is 35.5. The number of benzene rings is 1. The van der Waals surface area contributed by atoms with E-state index in [0.29, 0.717) is 6.04 Å². The van der Waals surface area contributed by atoms with Crippen LogP contribution < -0.4 is 5.32 Å². The Balaban J connectivity index is 1.87. The van der Waals surface area contributed by atoms with Crippen LogP contribution >= 0.6 is 23.2 Å². The molecule has 0 bridgehead atoms. The van der Waals surface area contributed by atoms with Gasteiger partial charge in [0.05, 0.1) is 0 Å². The fraction of sp³-hybridized carbons (Fsp3) is 0.600. The van der Waals surface area contributed by atoms with Crippen LogP contribution in [0.25, 0.3) is 0 Å². The zero-order valence-electron chi connectivity index (χ0n) is 10.9. The van der Waals surface area contributed by atoms with Gasteiger partial charge in [0.15, 0.2) is 0 Å². The van der Waals surface area contributed by atoms with E-state index in [9.17, 15) is 0 Å². The van der Waals surface area contributed by atoms with Crippen molar-refractivity contribution in [3.8, 4) is 0 Å². The predicted octanol–water partition coefficient (Wildman–Crippen LogP) is 5.05. The molecular formula is C15H21Cl2N. The highest BCUT2D eigenvalue weighted by Gasteiger charge is 2.20. The summed E-state index contributed by atoms with van der Waals surface area (Å²) in [6.07, 6.45) is 6.67. The van der Waals surface area contributed by atoms with Crippen molar-refractivity contribution in [1.29, 1.82) is 0 Å². The minimum Gasteiger partial charge on any atom is -0.310 e. The van der Waals surface area contributed by atoms with Crippen LogP contribution in [0.1, 0.15) is 44.6 Å². The second kappa shape index (κ2) is 6.79. The molecule has 18 heavy (non-hydrogen) atoms. The maximum absolute atomic E-state index is 6.01. The van der Waals surface area contributed by atoms with Crippen molar-refractivity contribution in [2.45, 2.75) is 51.6 Å². The third-order valence-corrected chi connectivity index (χ3v) is 4.31. The molecule has 0 amide bonds. The van der Waals surface area contributed by atoms with E-state index in [-0.39, 0.29) is 0 Å². The van der Waals surface area contributed by atoms with Gasteiger partial charge in [0.1, 0.15) is 0 Å². The summed E-state index contributed by atoms with van der Waals surface area (Å²) in [7, 11) is 0. The highest BCUT2D eigenvalue weighted by molar-refractivity contribution is 6.34. The fourth-order valence-corrected chi connectivity index (χ4v) is 3.39. The van der Waals surface area contributed by atoms with Gasteiger partial charge in [-0.05, 0) is 42.5 Å². The summed E-state index contributed by atoms with van der Waals surface area (Å²) in [5, 5.41) is 5.07. The molecule has 1 saturated carbocycles. The zero-order chi connectivity index (χ0) is 13.0. The summed E-state index contributed by atoms with van der Waals surface area (Å²) in [4.78, 5) is 0. The minimum atomic E-state index is 0.654. The Labute approximate surface area is 120 Å². The molecule has 0 radical (unpaired) electrons. The van der Waals surface area contributed by atoms with Gasteiger partial charge in [-0.2, -0.15) is 0 Å². The van der Waals surface area contributed by atoms with Gasteiger partial charge in [0, 0.05) is 22.6 Å². The lowest BCUT2D eigenvalue weighted by Gasteiger charge is -2.29. The van der Waals surface area contributed by atoms with Crippen molar-refractivity contribution < 1.29 is 0 Å². The molecular weight excluding hydrogens is 265 g/mol. The lowest BCUT2D eigenvalue weighted by atomic mass is 9.84. The van der Waals surface area contributed by atoms with Crippen LogP contribution in [-0.4, -0.2) is 6.04 Å². The molecule has 0 aliphatic heterocycles. The first kappa shape index (κ1) is 14.2. The van der Waals surface area contributed by atoms with Gasteiger partial charge in [0.2, 0.25) is 0 Å². The molecule has 1 fully saturated rings. The van der Waals surface area contributed by atoms with E-state index < -0.39 is 0 Å². The van der Waals surface area contributed by atoms with Crippen molar-refractivity contribution in [2.75, 3.05) is 0 Å². The van der Waals surface area contributed by atoms with Gasteiger partial charge in [-0.25, -0.2) is 0 Å². The van der Waals surface area contributed by atoms with Crippen molar-refractivity contribution in [1.82, 2.24) is 5.32 Å². The van der Waals surface area contributed by atoms with E-state index in [1.807, 2.05) is 12.1 Å². The van der Waals surface area contributed by atoms with Crippen molar-refractivity contribution in [2.24, 2.45) is 5.92 Å². The Morgan fingerprint density at radius 2 is 1.89 bits per heavy atom. The lowest BCUT2D eigenvalue weighted by molar-refractivity contribution is 0.278. The molecule has 2 unspecified atom stereocenters. The molecule has 2 rings (SSSR count). The molecule has 0 aromatic heterocycles. The van der Waals surface area contributed by atoms with Gasteiger partial charge < -0.3 is 5.32 Å². The van der Waals surface area contributed by atoms with Crippen molar-refractivity contribution in [3.63, 3.8) is 0 Å². The Morgan fingerprint density at radius 3 is 2.56 bits per heavy atom. The van der Waals surface area contributed by atoms with Gasteiger partial charge in [0.25, 0.3) is 0 Å². The molecule has 1 aromatic carbocycles. The van der Waals surface area contributed by atoms with Gasteiger partial charge in [-0.1, -0.05) is 49.4 Å². The van der Waals surface area contributed by atoms with E-state index in [1.54, 1.807) is 6.07 Å². The van der Waals surface area contributed by atoms with Crippen molar-refractivity contribution >= 4 is 23.2 Å². The summed E-state index contributed by atoms with van der Waals surface area (Å²) in [5.74, 6) is 0.902. The summed E-state index contributed by atoms with van der Waals surface area (Å²) >= 11 is 12.0. The number of hydrogen-bond donors (Lipinski definition) is 1. The first-order chi connectivity index (χ1) is 8.67. The molecule has 1 nitrogen and oxygen atoms in total. The Bertz CT molecular complexity index is 372. The van der Waals surface area contributed by atoms with Gasteiger partial charge >= 0.3 is 0 Å². The number of halogens is 2. The third-order valence-electron chi connectivity index (χ3n) is 3.88. The minimum absolute atomic E-state index is 0.654. The molecule has 0 spiro atoms. The second-order valence-corrected chi connectivity index (χ2v) is 6.17. The van der Waals surface area contributed by atoms with E-state index in [1.165, 1.54) is 37.7 Å². The zero-order valence-corrected chi connectivity index (χ0v) is 12.4. The summed E-state index contributed by atoms with van der Waals surface area (Å²) in [5.41, 5.74) is 1.17. The second-order valence-electron chi connectivity index (χ2n) is 5.30. The molecule has 1 aliphatic carbocycles. The molecule has 1 aliphatic rings. The Morgan fingerprint density at radius 1 is 1.17 bits per heavy atom.